The van der Waals surface area contributed by atoms with E-state index in [1.165, 1.54) is 6.07 Å². The summed E-state index contributed by atoms with van der Waals surface area (Å²) in [4.78, 5) is 10.5. The van der Waals surface area contributed by atoms with Crippen LogP contribution in [-0.2, 0) is 6.54 Å². The molecule has 2 aromatic rings. The Labute approximate surface area is 125 Å². The summed E-state index contributed by atoms with van der Waals surface area (Å²) in [5, 5.41) is 18.3. The second-order valence-electron chi connectivity index (χ2n) is 4.58. The summed E-state index contributed by atoms with van der Waals surface area (Å²) in [5.74, 6) is 0. The molecule has 0 spiro atoms. The van der Waals surface area contributed by atoms with Crippen LogP contribution in [0.4, 0.5) is 11.4 Å². The molecule has 0 amide bonds. The van der Waals surface area contributed by atoms with Gasteiger partial charge in [-0.15, -0.1) is 0 Å². The summed E-state index contributed by atoms with van der Waals surface area (Å²) < 4.78 is 2.54. The van der Waals surface area contributed by atoms with Gasteiger partial charge in [-0.05, 0) is 41.4 Å². The number of aromatic nitrogens is 2. The molecule has 1 aromatic heterocycles. The van der Waals surface area contributed by atoms with Crippen molar-refractivity contribution in [3.63, 3.8) is 0 Å². The van der Waals surface area contributed by atoms with Crippen LogP contribution in [0, 0.1) is 24.0 Å². The summed E-state index contributed by atoms with van der Waals surface area (Å²) >= 11 is 3.35. The minimum atomic E-state index is -0.379. The highest BCUT2D eigenvalue weighted by Crippen LogP contribution is 2.30. The van der Waals surface area contributed by atoms with Crippen LogP contribution >= 0.6 is 15.9 Å². The van der Waals surface area contributed by atoms with Crippen molar-refractivity contribution >= 4 is 27.3 Å². The molecule has 106 valence electrons. The molecule has 0 unspecified atom stereocenters. The molecule has 2 rings (SSSR count). The van der Waals surface area contributed by atoms with Crippen molar-refractivity contribution in [3.05, 3.63) is 50.2 Å². The molecular formula is C13H15BrN4O2. The number of nitrogens with zero attached hydrogens (tertiary/aromatic N) is 3. The highest BCUT2D eigenvalue weighted by atomic mass is 79.9. The largest absolute Gasteiger partial charge is 0.382 e. The van der Waals surface area contributed by atoms with E-state index in [1.807, 2.05) is 24.0 Å². The van der Waals surface area contributed by atoms with E-state index in [0.29, 0.717) is 16.6 Å². The predicted molar refractivity (Wildman–Crippen MR) is 81.0 cm³/mol. The van der Waals surface area contributed by atoms with E-state index < -0.39 is 0 Å². The van der Waals surface area contributed by atoms with Crippen LogP contribution in [0.1, 0.15) is 11.1 Å². The van der Waals surface area contributed by atoms with Gasteiger partial charge in [0.25, 0.3) is 5.69 Å². The summed E-state index contributed by atoms with van der Waals surface area (Å²) in [7, 11) is 0. The molecule has 1 heterocycles. The zero-order valence-corrected chi connectivity index (χ0v) is 12.8. The maximum atomic E-state index is 10.8. The maximum Gasteiger partial charge on any atom is 0.273 e. The number of anilines is 1. The Morgan fingerprint density at radius 1 is 1.45 bits per heavy atom. The van der Waals surface area contributed by atoms with E-state index in [9.17, 15) is 10.1 Å². The predicted octanol–water partition coefficient (Wildman–Crippen LogP) is 3.28. The van der Waals surface area contributed by atoms with Gasteiger partial charge in [0.1, 0.15) is 0 Å². The SMILES string of the molecule is Cc1cnn(CCNc2cc(C)c([N+](=O)[O-])cc2Br)c1. The smallest absolute Gasteiger partial charge is 0.273 e. The zero-order chi connectivity index (χ0) is 14.7. The Hall–Kier alpha value is -1.89. The van der Waals surface area contributed by atoms with Gasteiger partial charge in [-0.25, -0.2) is 0 Å². The third-order valence-electron chi connectivity index (χ3n) is 2.90. The van der Waals surface area contributed by atoms with E-state index in [1.54, 1.807) is 13.0 Å². The molecule has 0 bridgehead atoms. The fraction of sp³-hybridized carbons (Fsp3) is 0.308. The maximum absolute atomic E-state index is 10.8. The monoisotopic (exact) mass is 338 g/mol. The highest BCUT2D eigenvalue weighted by molar-refractivity contribution is 9.10. The molecule has 0 aliphatic heterocycles. The molecule has 0 aliphatic carbocycles. The third kappa shape index (κ3) is 3.36. The number of nitro groups is 1. The van der Waals surface area contributed by atoms with Crippen LogP contribution in [0.2, 0.25) is 0 Å². The van der Waals surface area contributed by atoms with E-state index in [2.05, 4.69) is 26.3 Å². The van der Waals surface area contributed by atoms with Gasteiger partial charge >= 0.3 is 0 Å². The first-order chi connectivity index (χ1) is 9.47. The first-order valence-corrected chi connectivity index (χ1v) is 6.94. The number of halogens is 1. The van der Waals surface area contributed by atoms with Crippen molar-refractivity contribution in [2.45, 2.75) is 20.4 Å². The lowest BCUT2D eigenvalue weighted by molar-refractivity contribution is -0.385. The summed E-state index contributed by atoms with van der Waals surface area (Å²) in [6, 6.07) is 3.30. The minimum absolute atomic E-state index is 0.116. The van der Waals surface area contributed by atoms with Crippen molar-refractivity contribution in [2.24, 2.45) is 0 Å². The van der Waals surface area contributed by atoms with Gasteiger partial charge in [0, 0.05) is 34.5 Å². The van der Waals surface area contributed by atoms with E-state index >= 15 is 0 Å². The fourth-order valence-electron chi connectivity index (χ4n) is 1.90. The summed E-state index contributed by atoms with van der Waals surface area (Å²) in [6.45, 7) is 5.15. The molecule has 1 aromatic carbocycles. The number of hydrogen-bond acceptors (Lipinski definition) is 4. The van der Waals surface area contributed by atoms with Gasteiger partial charge in [-0.3, -0.25) is 14.8 Å². The molecule has 0 saturated carbocycles. The molecule has 20 heavy (non-hydrogen) atoms. The molecule has 7 heteroatoms. The molecule has 0 aliphatic rings. The van der Waals surface area contributed by atoms with E-state index in [-0.39, 0.29) is 10.6 Å². The van der Waals surface area contributed by atoms with Crippen LogP contribution in [0.3, 0.4) is 0 Å². The van der Waals surface area contributed by atoms with Crippen molar-refractivity contribution < 1.29 is 4.92 Å². The second kappa shape index (κ2) is 6.04. The second-order valence-corrected chi connectivity index (χ2v) is 5.44. The number of nitro benzene ring substituents is 1. The van der Waals surface area contributed by atoms with Gasteiger partial charge in [0.15, 0.2) is 0 Å². The van der Waals surface area contributed by atoms with Crippen LogP contribution in [-0.4, -0.2) is 21.2 Å². The standard InChI is InChI=1S/C13H15BrN4O2/c1-9-7-16-17(8-9)4-3-15-12-5-10(2)13(18(19)20)6-11(12)14/h5-8,15H,3-4H2,1-2H3. The normalized spacial score (nSPS) is 10.6. The third-order valence-corrected chi connectivity index (χ3v) is 3.56. The topological polar surface area (TPSA) is 73.0 Å². The van der Waals surface area contributed by atoms with Crippen molar-refractivity contribution in [1.82, 2.24) is 9.78 Å². The average Bonchev–Trinajstić information content (AvgIpc) is 2.78. The lowest BCUT2D eigenvalue weighted by Crippen LogP contribution is -2.11. The summed E-state index contributed by atoms with van der Waals surface area (Å²) in [6.07, 6.45) is 3.78. The van der Waals surface area contributed by atoms with Gasteiger partial charge in [-0.2, -0.15) is 5.10 Å². The van der Waals surface area contributed by atoms with E-state index in [4.69, 9.17) is 0 Å². The summed E-state index contributed by atoms with van der Waals surface area (Å²) in [5.41, 5.74) is 2.72. The Morgan fingerprint density at radius 2 is 2.20 bits per heavy atom. The quantitative estimate of drug-likeness (QED) is 0.670. The Morgan fingerprint density at radius 3 is 2.80 bits per heavy atom. The first kappa shape index (κ1) is 14.5. The number of rotatable bonds is 5. The van der Waals surface area contributed by atoms with E-state index in [0.717, 1.165) is 17.8 Å². The van der Waals surface area contributed by atoms with Crippen molar-refractivity contribution in [2.75, 3.05) is 11.9 Å². The number of nitrogens with one attached hydrogen (secondary N) is 1. The molecule has 0 fully saturated rings. The van der Waals surface area contributed by atoms with Crippen LogP contribution in [0.15, 0.2) is 29.0 Å². The molecule has 6 nitrogen and oxygen atoms in total. The number of hydrogen-bond donors (Lipinski definition) is 1. The number of benzene rings is 1. The fourth-order valence-corrected chi connectivity index (χ4v) is 2.37. The van der Waals surface area contributed by atoms with Crippen molar-refractivity contribution in [3.8, 4) is 0 Å². The Balaban J connectivity index is 2.03. The van der Waals surface area contributed by atoms with Crippen molar-refractivity contribution in [1.29, 1.82) is 0 Å². The zero-order valence-electron chi connectivity index (χ0n) is 11.3. The van der Waals surface area contributed by atoms with Crippen LogP contribution < -0.4 is 5.32 Å². The van der Waals surface area contributed by atoms with Crippen LogP contribution in [0.25, 0.3) is 0 Å². The molecule has 0 atom stereocenters. The molecule has 1 N–H and O–H groups in total. The molecule has 0 saturated heterocycles. The average molecular weight is 339 g/mol. The van der Waals surface area contributed by atoms with Gasteiger partial charge in [0.2, 0.25) is 0 Å². The minimum Gasteiger partial charge on any atom is -0.382 e. The molecule has 0 radical (unpaired) electrons. The highest BCUT2D eigenvalue weighted by Gasteiger charge is 2.13. The van der Waals surface area contributed by atoms with Gasteiger partial charge in [0.05, 0.1) is 17.7 Å². The number of aryl methyl sites for hydroxylation is 2. The Kier molecular flexibility index (Phi) is 4.39. The first-order valence-electron chi connectivity index (χ1n) is 6.15. The lowest BCUT2D eigenvalue weighted by Gasteiger charge is -2.10. The Bertz CT molecular complexity index is 639. The van der Waals surface area contributed by atoms with Gasteiger partial charge in [-0.1, -0.05) is 0 Å². The molecular weight excluding hydrogens is 324 g/mol. The van der Waals surface area contributed by atoms with Crippen LogP contribution in [0.5, 0.6) is 0 Å². The lowest BCUT2D eigenvalue weighted by atomic mass is 10.2. The van der Waals surface area contributed by atoms with Gasteiger partial charge < -0.3 is 5.32 Å².